The summed E-state index contributed by atoms with van der Waals surface area (Å²) in [6.07, 6.45) is 7.26. The summed E-state index contributed by atoms with van der Waals surface area (Å²) in [6.45, 7) is 2.64. The number of nitrogens with zero attached hydrogens (tertiary/aromatic N) is 4. The Morgan fingerprint density at radius 1 is 1.24 bits per heavy atom. The van der Waals surface area contributed by atoms with Crippen LogP contribution >= 0.6 is 11.6 Å². The Kier molecular flexibility index (Phi) is 5.85. The molecule has 2 fully saturated rings. The van der Waals surface area contributed by atoms with E-state index < -0.39 is 5.41 Å². The molecular weight excluding hydrogens is 390 g/mol. The lowest BCUT2D eigenvalue weighted by Crippen LogP contribution is -2.45. The summed E-state index contributed by atoms with van der Waals surface area (Å²) < 4.78 is 1.67. The standard InChI is InChI=1S/C21H26ClN5O2/c22-18-5-3-17(4-6-18)21(8-9-21)20(29)24-12-16-2-1-10-26(13-16)19(28)7-11-27-15-23-14-25-27/h3-6,14-16H,1-2,7-13H2,(H,24,29)/t16-/m0/s1. The van der Waals surface area contributed by atoms with E-state index in [1.807, 2.05) is 29.2 Å². The third kappa shape index (κ3) is 4.61. The lowest BCUT2D eigenvalue weighted by molar-refractivity contribution is -0.133. The van der Waals surface area contributed by atoms with E-state index >= 15 is 0 Å². The highest BCUT2D eigenvalue weighted by atomic mass is 35.5. The number of aryl methyl sites for hydroxylation is 1. The van der Waals surface area contributed by atoms with Gasteiger partial charge in [0.2, 0.25) is 11.8 Å². The fraction of sp³-hybridized carbons (Fsp3) is 0.524. The molecule has 7 nitrogen and oxygen atoms in total. The van der Waals surface area contributed by atoms with Crippen molar-refractivity contribution in [3.8, 4) is 0 Å². The number of benzene rings is 1. The normalized spacial score (nSPS) is 20.3. The number of amides is 2. The van der Waals surface area contributed by atoms with Crippen molar-refractivity contribution in [2.24, 2.45) is 5.92 Å². The largest absolute Gasteiger partial charge is 0.355 e. The molecule has 1 N–H and O–H groups in total. The van der Waals surface area contributed by atoms with Crippen molar-refractivity contribution in [3.05, 3.63) is 47.5 Å². The molecule has 1 aliphatic heterocycles. The molecule has 8 heteroatoms. The smallest absolute Gasteiger partial charge is 0.230 e. The van der Waals surface area contributed by atoms with E-state index in [0.717, 1.165) is 37.8 Å². The average molecular weight is 416 g/mol. The second-order valence-electron chi connectivity index (χ2n) is 8.06. The molecule has 0 bridgehead atoms. The first-order chi connectivity index (χ1) is 14.1. The fourth-order valence-electron chi connectivity index (χ4n) is 4.12. The zero-order chi connectivity index (χ0) is 20.3. The van der Waals surface area contributed by atoms with Gasteiger partial charge in [0.05, 0.1) is 12.0 Å². The van der Waals surface area contributed by atoms with Crippen LogP contribution in [0.4, 0.5) is 0 Å². The molecule has 0 radical (unpaired) electrons. The van der Waals surface area contributed by atoms with Gasteiger partial charge in [-0.05, 0) is 49.3 Å². The predicted molar refractivity (Wildman–Crippen MR) is 109 cm³/mol. The first-order valence-corrected chi connectivity index (χ1v) is 10.6. The summed E-state index contributed by atoms with van der Waals surface area (Å²) in [5, 5.41) is 7.87. The Balaban J connectivity index is 1.26. The molecule has 2 aromatic rings. The van der Waals surface area contributed by atoms with Crippen LogP contribution in [0, 0.1) is 5.92 Å². The van der Waals surface area contributed by atoms with Crippen LogP contribution in [0.15, 0.2) is 36.9 Å². The first-order valence-electron chi connectivity index (χ1n) is 10.2. The second kappa shape index (κ2) is 8.53. The van der Waals surface area contributed by atoms with Crippen LogP contribution in [0.3, 0.4) is 0 Å². The lowest BCUT2D eigenvalue weighted by Gasteiger charge is -2.33. The maximum absolute atomic E-state index is 12.9. The van der Waals surface area contributed by atoms with Gasteiger partial charge in [-0.25, -0.2) is 4.98 Å². The minimum Gasteiger partial charge on any atom is -0.355 e. The summed E-state index contributed by atoms with van der Waals surface area (Å²) in [4.78, 5) is 31.2. The number of piperidine rings is 1. The Hall–Kier alpha value is -2.41. The van der Waals surface area contributed by atoms with Gasteiger partial charge in [-0.2, -0.15) is 5.10 Å². The molecule has 2 amide bonds. The molecule has 4 rings (SSSR count). The van der Waals surface area contributed by atoms with Gasteiger partial charge in [0.25, 0.3) is 0 Å². The van der Waals surface area contributed by atoms with Crippen molar-refractivity contribution in [1.82, 2.24) is 25.0 Å². The summed E-state index contributed by atoms with van der Waals surface area (Å²) in [7, 11) is 0. The Morgan fingerprint density at radius 2 is 2.03 bits per heavy atom. The van der Waals surface area contributed by atoms with Crippen molar-refractivity contribution >= 4 is 23.4 Å². The van der Waals surface area contributed by atoms with E-state index in [-0.39, 0.29) is 11.8 Å². The van der Waals surface area contributed by atoms with Gasteiger partial charge in [-0.15, -0.1) is 0 Å². The maximum atomic E-state index is 12.9. The van der Waals surface area contributed by atoms with E-state index in [2.05, 4.69) is 15.4 Å². The van der Waals surface area contributed by atoms with E-state index in [4.69, 9.17) is 11.6 Å². The van der Waals surface area contributed by atoms with Crippen LogP contribution in [0.1, 0.15) is 37.7 Å². The number of nitrogens with one attached hydrogen (secondary N) is 1. The fourth-order valence-corrected chi connectivity index (χ4v) is 4.25. The van der Waals surface area contributed by atoms with Gasteiger partial charge in [0.15, 0.2) is 0 Å². The minimum atomic E-state index is -0.396. The van der Waals surface area contributed by atoms with Gasteiger partial charge >= 0.3 is 0 Å². The number of hydrogen-bond acceptors (Lipinski definition) is 4. The van der Waals surface area contributed by atoms with Crippen molar-refractivity contribution in [2.75, 3.05) is 19.6 Å². The molecule has 0 unspecified atom stereocenters. The number of halogens is 1. The zero-order valence-corrected chi connectivity index (χ0v) is 17.1. The molecule has 1 saturated heterocycles. The Labute approximate surface area is 175 Å². The van der Waals surface area contributed by atoms with Gasteiger partial charge in [0, 0.05) is 31.1 Å². The summed E-state index contributed by atoms with van der Waals surface area (Å²) in [6, 6.07) is 7.58. The highest BCUT2D eigenvalue weighted by Gasteiger charge is 2.51. The minimum absolute atomic E-state index is 0.0921. The molecule has 1 atom stereocenters. The molecule has 29 heavy (non-hydrogen) atoms. The zero-order valence-electron chi connectivity index (χ0n) is 16.4. The van der Waals surface area contributed by atoms with Crippen LogP contribution < -0.4 is 5.32 Å². The molecule has 1 aromatic carbocycles. The highest BCUT2D eigenvalue weighted by Crippen LogP contribution is 2.48. The Morgan fingerprint density at radius 3 is 2.72 bits per heavy atom. The molecule has 2 heterocycles. The third-order valence-electron chi connectivity index (χ3n) is 6.03. The summed E-state index contributed by atoms with van der Waals surface area (Å²) in [5.41, 5.74) is 0.639. The van der Waals surface area contributed by atoms with E-state index in [9.17, 15) is 9.59 Å². The average Bonchev–Trinajstić information content (AvgIpc) is 3.39. The van der Waals surface area contributed by atoms with Gasteiger partial charge in [-0.1, -0.05) is 23.7 Å². The van der Waals surface area contributed by atoms with Crippen LogP contribution in [-0.4, -0.2) is 51.1 Å². The van der Waals surface area contributed by atoms with Crippen molar-refractivity contribution in [1.29, 1.82) is 0 Å². The van der Waals surface area contributed by atoms with Crippen LogP contribution in [-0.2, 0) is 21.5 Å². The van der Waals surface area contributed by atoms with E-state index in [0.29, 0.717) is 37.0 Å². The first kappa shape index (κ1) is 19.9. The van der Waals surface area contributed by atoms with Gasteiger partial charge in [0.1, 0.15) is 12.7 Å². The highest BCUT2D eigenvalue weighted by molar-refractivity contribution is 6.30. The van der Waals surface area contributed by atoms with Crippen LogP contribution in [0.25, 0.3) is 0 Å². The van der Waals surface area contributed by atoms with Gasteiger partial charge < -0.3 is 10.2 Å². The SMILES string of the molecule is O=C(CCn1cncn1)N1CCC[C@@H](CNC(=O)C2(c3ccc(Cl)cc3)CC2)C1. The molecule has 1 aromatic heterocycles. The summed E-state index contributed by atoms with van der Waals surface area (Å²) in [5.74, 6) is 0.523. The Bertz CT molecular complexity index is 848. The van der Waals surface area contributed by atoms with Gasteiger partial charge in [-0.3, -0.25) is 14.3 Å². The van der Waals surface area contributed by atoms with Crippen molar-refractivity contribution in [3.63, 3.8) is 0 Å². The second-order valence-corrected chi connectivity index (χ2v) is 8.49. The molecule has 1 aliphatic carbocycles. The number of likely N-dealkylation sites (tertiary alicyclic amines) is 1. The van der Waals surface area contributed by atoms with Crippen molar-refractivity contribution in [2.45, 2.75) is 44.1 Å². The monoisotopic (exact) mass is 415 g/mol. The number of aromatic nitrogens is 3. The third-order valence-corrected chi connectivity index (χ3v) is 6.28. The molecule has 2 aliphatic rings. The summed E-state index contributed by atoms with van der Waals surface area (Å²) >= 11 is 5.97. The maximum Gasteiger partial charge on any atom is 0.230 e. The quantitative estimate of drug-likeness (QED) is 0.753. The van der Waals surface area contributed by atoms with Crippen LogP contribution in [0.5, 0.6) is 0 Å². The molecule has 1 saturated carbocycles. The number of hydrogen-bond donors (Lipinski definition) is 1. The van der Waals surface area contributed by atoms with E-state index in [1.165, 1.54) is 6.33 Å². The molecule has 0 spiro atoms. The molecule has 154 valence electrons. The number of carbonyl (C=O) groups is 2. The lowest BCUT2D eigenvalue weighted by atomic mass is 9.93. The predicted octanol–water partition coefficient (Wildman–Crippen LogP) is 2.41. The topological polar surface area (TPSA) is 80.1 Å². The number of carbonyl (C=O) groups excluding carboxylic acids is 2. The van der Waals surface area contributed by atoms with E-state index in [1.54, 1.807) is 11.0 Å². The number of rotatable bonds is 7. The van der Waals surface area contributed by atoms with Crippen molar-refractivity contribution < 1.29 is 9.59 Å². The van der Waals surface area contributed by atoms with Crippen LogP contribution in [0.2, 0.25) is 5.02 Å². The molecular formula is C21H26ClN5O2.